The lowest BCUT2D eigenvalue weighted by Crippen LogP contribution is -2.14. The molecule has 22 heavy (non-hydrogen) atoms. The second kappa shape index (κ2) is 6.32. The van der Waals surface area contributed by atoms with Gasteiger partial charge in [0.2, 0.25) is 5.91 Å². The quantitative estimate of drug-likeness (QED) is 0.865. The molecule has 3 rings (SSSR count). The molecular formula is C17H15BrN2O2. The lowest BCUT2D eigenvalue weighted by atomic mass is 10.2. The van der Waals surface area contributed by atoms with E-state index in [1.807, 2.05) is 12.1 Å². The van der Waals surface area contributed by atoms with Crippen LogP contribution in [-0.4, -0.2) is 11.8 Å². The highest BCUT2D eigenvalue weighted by atomic mass is 79.9. The van der Waals surface area contributed by atoms with E-state index in [1.54, 1.807) is 36.4 Å². The van der Waals surface area contributed by atoms with Crippen LogP contribution in [-0.2, 0) is 4.79 Å². The van der Waals surface area contributed by atoms with Crippen LogP contribution in [0.5, 0.6) is 0 Å². The van der Waals surface area contributed by atoms with Gasteiger partial charge in [0, 0.05) is 27.3 Å². The van der Waals surface area contributed by atoms with Gasteiger partial charge in [-0.25, -0.2) is 0 Å². The van der Waals surface area contributed by atoms with Gasteiger partial charge < -0.3 is 10.6 Å². The van der Waals surface area contributed by atoms with Crippen LogP contribution in [0.3, 0.4) is 0 Å². The zero-order valence-electron chi connectivity index (χ0n) is 11.8. The van der Waals surface area contributed by atoms with E-state index in [9.17, 15) is 9.59 Å². The number of amides is 2. The van der Waals surface area contributed by atoms with Crippen molar-refractivity contribution in [2.75, 3.05) is 10.6 Å². The van der Waals surface area contributed by atoms with Gasteiger partial charge in [0.05, 0.1) is 0 Å². The molecule has 0 radical (unpaired) electrons. The van der Waals surface area contributed by atoms with Crippen molar-refractivity contribution in [3.05, 3.63) is 58.6 Å². The number of halogens is 1. The van der Waals surface area contributed by atoms with Gasteiger partial charge in [-0.1, -0.05) is 15.9 Å². The fourth-order valence-corrected chi connectivity index (χ4v) is 2.30. The molecule has 0 heterocycles. The predicted molar refractivity (Wildman–Crippen MR) is 89.9 cm³/mol. The highest BCUT2D eigenvalue weighted by molar-refractivity contribution is 9.10. The summed E-state index contributed by atoms with van der Waals surface area (Å²) >= 11 is 3.34. The monoisotopic (exact) mass is 358 g/mol. The van der Waals surface area contributed by atoms with Crippen LogP contribution in [0.4, 0.5) is 11.4 Å². The first-order valence-electron chi connectivity index (χ1n) is 7.10. The first kappa shape index (κ1) is 14.8. The molecule has 0 spiro atoms. The first-order chi connectivity index (χ1) is 10.6. The minimum atomic E-state index is -0.165. The third kappa shape index (κ3) is 3.74. The van der Waals surface area contributed by atoms with Crippen molar-refractivity contribution in [1.82, 2.24) is 0 Å². The summed E-state index contributed by atoms with van der Waals surface area (Å²) in [6.07, 6.45) is 1.96. The molecule has 2 N–H and O–H groups in total. The minimum absolute atomic E-state index is 0.0756. The van der Waals surface area contributed by atoms with Crippen LogP contribution < -0.4 is 10.6 Å². The summed E-state index contributed by atoms with van der Waals surface area (Å²) < 4.78 is 0.930. The SMILES string of the molecule is O=C(Nc1ccc(NC(=O)C2CC2)cc1)c1ccc(Br)cc1. The molecule has 5 heteroatoms. The van der Waals surface area contributed by atoms with Gasteiger partial charge in [-0.2, -0.15) is 0 Å². The van der Waals surface area contributed by atoms with E-state index in [1.165, 1.54) is 0 Å². The number of benzene rings is 2. The minimum Gasteiger partial charge on any atom is -0.326 e. The van der Waals surface area contributed by atoms with E-state index in [4.69, 9.17) is 0 Å². The van der Waals surface area contributed by atoms with Gasteiger partial charge in [-0.15, -0.1) is 0 Å². The predicted octanol–water partition coefficient (Wildman–Crippen LogP) is 4.05. The van der Waals surface area contributed by atoms with Crippen LogP contribution in [0, 0.1) is 5.92 Å². The zero-order chi connectivity index (χ0) is 15.5. The summed E-state index contributed by atoms with van der Waals surface area (Å²) in [5, 5.41) is 5.69. The molecule has 2 aromatic rings. The molecule has 0 bridgehead atoms. The highest BCUT2D eigenvalue weighted by Gasteiger charge is 2.29. The van der Waals surface area contributed by atoms with Crippen LogP contribution in [0.2, 0.25) is 0 Å². The van der Waals surface area contributed by atoms with Crippen LogP contribution >= 0.6 is 15.9 Å². The molecule has 1 aliphatic carbocycles. The third-order valence-corrected chi connectivity index (χ3v) is 3.99. The molecule has 0 aliphatic heterocycles. The largest absolute Gasteiger partial charge is 0.326 e. The maximum Gasteiger partial charge on any atom is 0.255 e. The lowest BCUT2D eigenvalue weighted by Gasteiger charge is -2.08. The Labute approximate surface area is 137 Å². The fourth-order valence-electron chi connectivity index (χ4n) is 2.03. The Balaban J connectivity index is 1.61. The summed E-state index contributed by atoms with van der Waals surface area (Å²) in [5.74, 6) is 0.0886. The Bertz CT molecular complexity index is 692. The summed E-state index contributed by atoms with van der Waals surface area (Å²) in [5.41, 5.74) is 2.03. The number of rotatable bonds is 4. The molecule has 4 nitrogen and oxygen atoms in total. The first-order valence-corrected chi connectivity index (χ1v) is 7.89. The Morgan fingerprint density at radius 1 is 0.864 bits per heavy atom. The van der Waals surface area contributed by atoms with Gasteiger partial charge in [0.1, 0.15) is 0 Å². The Hall–Kier alpha value is -2.14. The van der Waals surface area contributed by atoms with Gasteiger partial charge in [-0.05, 0) is 61.4 Å². The van der Waals surface area contributed by atoms with Crippen molar-refractivity contribution in [2.24, 2.45) is 5.92 Å². The van der Waals surface area contributed by atoms with Crippen molar-refractivity contribution in [3.63, 3.8) is 0 Å². The molecule has 2 aromatic carbocycles. The number of anilines is 2. The van der Waals surface area contributed by atoms with Gasteiger partial charge in [0.15, 0.2) is 0 Å². The van der Waals surface area contributed by atoms with E-state index < -0.39 is 0 Å². The van der Waals surface area contributed by atoms with Gasteiger partial charge in [0.25, 0.3) is 5.91 Å². The molecule has 0 atom stereocenters. The number of carbonyl (C=O) groups excluding carboxylic acids is 2. The van der Waals surface area contributed by atoms with E-state index >= 15 is 0 Å². The van der Waals surface area contributed by atoms with Gasteiger partial charge >= 0.3 is 0 Å². The summed E-state index contributed by atoms with van der Waals surface area (Å²) in [7, 11) is 0. The fraction of sp³-hybridized carbons (Fsp3) is 0.176. The molecule has 1 aliphatic rings. The number of carbonyl (C=O) groups is 2. The summed E-state index contributed by atoms with van der Waals surface area (Å²) in [6, 6.07) is 14.3. The van der Waals surface area contributed by atoms with Gasteiger partial charge in [-0.3, -0.25) is 9.59 Å². The van der Waals surface area contributed by atoms with E-state index in [0.717, 1.165) is 23.0 Å². The Morgan fingerprint density at radius 3 is 1.95 bits per heavy atom. The van der Waals surface area contributed by atoms with Crippen molar-refractivity contribution < 1.29 is 9.59 Å². The van der Waals surface area contributed by atoms with E-state index in [-0.39, 0.29) is 17.7 Å². The van der Waals surface area contributed by atoms with Crippen molar-refractivity contribution >= 4 is 39.1 Å². The van der Waals surface area contributed by atoms with E-state index in [0.29, 0.717) is 11.3 Å². The molecule has 1 fully saturated rings. The maximum absolute atomic E-state index is 12.1. The molecule has 0 aromatic heterocycles. The average Bonchev–Trinajstić information content (AvgIpc) is 3.34. The Kier molecular flexibility index (Phi) is 4.24. The lowest BCUT2D eigenvalue weighted by molar-refractivity contribution is -0.117. The van der Waals surface area contributed by atoms with Crippen molar-refractivity contribution in [2.45, 2.75) is 12.8 Å². The topological polar surface area (TPSA) is 58.2 Å². The zero-order valence-corrected chi connectivity index (χ0v) is 13.4. The number of nitrogens with one attached hydrogen (secondary N) is 2. The third-order valence-electron chi connectivity index (χ3n) is 3.46. The molecule has 0 unspecified atom stereocenters. The number of hydrogen-bond acceptors (Lipinski definition) is 2. The Morgan fingerprint density at radius 2 is 1.41 bits per heavy atom. The number of hydrogen-bond donors (Lipinski definition) is 2. The summed E-state index contributed by atoms with van der Waals surface area (Å²) in [4.78, 5) is 23.8. The molecule has 0 saturated heterocycles. The molecular weight excluding hydrogens is 344 g/mol. The average molecular weight is 359 g/mol. The van der Waals surface area contributed by atoms with Crippen LogP contribution in [0.15, 0.2) is 53.0 Å². The normalized spacial score (nSPS) is 13.5. The summed E-state index contributed by atoms with van der Waals surface area (Å²) in [6.45, 7) is 0. The van der Waals surface area contributed by atoms with Crippen molar-refractivity contribution in [3.8, 4) is 0 Å². The molecule has 112 valence electrons. The molecule has 1 saturated carbocycles. The van der Waals surface area contributed by atoms with Crippen molar-refractivity contribution in [1.29, 1.82) is 0 Å². The van der Waals surface area contributed by atoms with E-state index in [2.05, 4.69) is 26.6 Å². The standard InChI is InChI=1S/C17H15BrN2O2/c18-13-5-3-12(4-6-13)17(22)20-15-9-7-14(8-10-15)19-16(21)11-1-2-11/h3-11H,1-2H2,(H,19,21)(H,20,22). The smallest absolute Gasteiger partial charge is 0.255 e. The van der Waals surface area contributed by atoms with Crippen LogP contribution in [0.25, 0.3) is 0 Å². The second-order valence-corrected chi connectivity index (χ2v) is 6.22. The van der Waals surface area contributed by atoms with Crippen LogP contribution in [0.1, 0.15) is 23.2 Å². The highest BCUT2D eigenvalue weighted by Crippen LogP contribution is 2.30. The molecule has 2 amide bonds. The second-order valence-electron chi connectivity index (χ2n) is 5.30. The maximum atomic E-state index is 12.1.